The van der Waals surface area contributed by atoms with E-state index in [2.05, 4.69) is 15.5 Å². The van der Waals surface area contributed by atoms with Gasteiger partial charge in [0.2, 0.25) is 0 Å². The summed E-state index contributed by atoms with van der Waals surface area (Å²) < 4.78 is 4.81. The van der Waals surface area contributed by atoms with Crippen LogP contribution >= 0.6 is 11.6 Å². The highest BCUT2D eigenvalue weighted by molar-refractivity contribution is 6.31. The molecule has 0 fully saturated rings. The van der Waals surface area contributed by atoms with Gasteiger partial charge in [-0.1, -0.05) is 35.0 Å². The van der Waals surface area contributed by atoms with E-state index in [1.807, 2.05) is 43.1 Å². The molecule has 0 aliphatic rings. The first-order valence-corrected chi connectivity index (χ1v) is 7.20. The monoisotopic (exact) mass is 306 g/mol. The molecule has 1 heterocycles. The van der Waals surface area contributed by atoms with Crippen molar-refractivity contribution >= 4 is 17.6 Å². The molecular formula is C15H19ClN4O. The van der Waals surface area contributed by atoms with Crippen molar-refractivity contribution in [1.29, 1.82) is 0 Å². The molecule has 1 N–H and O–H groups in total. The molecule has 0 bridgehead atoms. The Kier molecular flexibility index (Phi) is 5.63. The second kappa shape index (κ2) is 7.69. The van der Waals surface area contributed by atoms with Gasteiger partial charge in [0.1, 0.15) is 12.0 Å². The van der Waals surface area contributed by atoms with Crippen molar-refractivity contribution in [3.05, 3.63) is 52.9 Å². The van der Waals surface area contributed by atoms with Gasteiger partial charge in [-0.3, -0.25) is 0 Å². The number of benzene rings is 1. The van der Waals surface area contributed by atoms with Gasteiger partial charge in [-0.05, 0) is 18.6 Å². The van der Waals surface area contributed by atoms with Gasteiger partial charge >= 0.3 is 0 Å². The summed E-state index contributed by atoms with van der Waals surface area (Å²) in [7, 11) is 1.98. The van der Waals surface area contributed by atoms with Crippen molar-refractivity contribution < 1.29 is 4.52 Å². The minimum atomic E-state index is 0.478. The molecule has 2 aromatic rings. The number of halogens is 1. The minimum Gasteiger partial charge on any atom is -0.364 e. The summed E-state index contributed by atoms with van der Waals surface area (Å²) in [4.78, 5) is 6.58. The lowest BCUT2D eigenvalue weighted by Gasteiger charge is -2.22. The Morgan fingerprint density at radius 3 is 2.86 bits per heavy atom. The van der Waals surface area contributed by atoms with Crippen LogP contribution in [-0.4, -0.2) is 29.6 Å². The number of nitrogens with zero attached hydrogens (tertiary/aromatic N) is 3. The van der Waals surface area contributed by atoms with Gasteiger partial charge in [0.25, 0.3) is 0 Å². The fourth-order valence-electron chi connectivity index (χ4n) is 1.90. The van der Waals surface area contributed by atoms with E-state index < -0.39 is 0 Å². The molecule has 6 heteroatoms. The van der Waals surface area contributed by atoms with Crippen LogP contribution in [0, 0.1) is 0 Å². The number of guanidine groups is 1. The van der Waals surface area contributed by atoms with E-state index >= 15 is 0 Å². The average molecular weight is 307 g/mol. The first-order chi connectivity index (χ1) is 10.2. The van der Waals surface area contributed by atoms with Gasteiger partial charge in [-0.2, -0.15) is 0 Å². The molecule has 5 nitrogen and oxygen atoms in total. The first-order valence-electron chi connectivity index (χ1n) is 6.82. The van der Waals surface area contributed by atoms with Crippen LogP contribution in [-0.2, 0) is 13.1 Å². The molecule has 0 aliphatic heterocycles. The summed E-state index contributed by atoms with van der Waals surface area (Å²) in [6.07, 6.45) is 1.55. The maximum atomic E-state index is 6.20. The van der Waals surface area contributed by atoms with E-state index in [4.69, 9.17) is 16.1 Å². The Bertz CT molecular complexity index is 583. The molecule has 0 aliphatic carbocycles. The maximum absolute atomic E-state index is 6.20. The van der Waals surface area contributed by atoms with Crippen molar-refractivity contribution in [2.45, 2.75) is 20.0 Å². The summed E-state index contributed by atoms with van der Waals surface area (Å²) >= 11 is 6.20. The van der Waals surface area contributed by atoms with Crippen LogP contribution in [0.2, 0.25) is 5.02 Å². The molecule has 0 saturated heterocycles. The summed E-state index contributed by atoms with van der Waals surface area (Å²) in [5, 5.41) is 7.88. The van der Waals surface area contributed by atoms with E-state index in [1.165, 1.54) is 0 Å². The van der Waals surface area contributed by atoms with Gasteiger partial charge < -0.3 is 14.7 Å². The quantitative estimate of drug-likeness (QED) is 0.681. The zero-order valence-corrected chi connectivity index (χ0v) is 13.0. The highest BCUT2D eigenvalue weighted by Gasteiger charge is 2.08. The van der Waals surface area contributed by atoms with Crippen LogP contribution in [0.4, 0.5) is 0 Å². The lowest BCUT2D eigenvalue weighted by atomic mass is 10.2. The standard InChI is InChI=1S/C15H19ClN4O/c1-3-17-15(18-10-13-8-9-21-19-13)20(2)11-12-6-4-5-7-14(12)16/h4-9H,3,10-11H2,1-2H3,(H,17,18). The highest BCUT2D eigenvalue weighted by Crippen LogP contribution is 2.16. The molecular weight excluding hydrogens is 288 g/mol. The molecule has 0 amide bonds. The lowest BCUT2D eigenvalue weighted by molar-refractivity contribution is 0.411. The van der Waals surface area contributed by atoms with Crippen LogP contribution in [0.1, 0.15) is 18.2 Å². The van der Waals surface area contributed by atoms with E-state index in [1.54, 1.807) is 12.3 Å². The van der Waals surface area contributed by atoms with Crippen LogP contribution in [0.3, 0.4) is 0 Å². The molecule has 0 spiro atoms. The maximum Gasteiger partial charge on any atom is 0.194 e. The van der Waals surface area contributed by atoms with E-state index in [0.717, 1.165) is 28.8 Å². The Hall–Kier alpha value is -2.01. The van der Waals surface area contributed by atoms with Crippen molar-refractivity contribution in [3.63, 3.8) is 0 Å². The van der Waals surface area contributed by atoms with Gasteiger partial charge in [0.05, 0.1) is 6.54 Å². The van der Waals surface area contributed by atoms with E-state index in [-0.39, 0.29) is 0 Å². The first kappa shape index (κ1) is 15.4. The van der Waals surface area contributed by atoms with Crippen LogP contribution in [0.5, 0.6) is 0 Å². The average Bonchev–Trinajstić information content (AvgIpc) is 2.99. The normalized spacial score (nSPS) is 11.5. The van der Waals surface area contributed by atoms with E-state index in [9.17, 15) is 0 Å². The van der Waals surface area contributed by atoms with Crippen molar-refractivity contribution in [2.75, 3.05) is 13.6 Å². The van der Waals surface area contributed by atoms with Gasteiger partial charge in [-0.25, -0.2) is 4.99 Å². The van der Waals surface area contributed by atoms with Crippen LogP contribution < -0.4 is 5.32 Å². The third kappa shape index (κ3) is 4.49. The minimum absolute atomic E-state index is 0.478. The third-order valence-electron chi connectivity index (χ3n) is 2.94. The largest absolute Gasteiger partial charge is 0.364 e. The predicted octanol–water partition coefficient (Wildman–Crippen LogP) is 2.93. The zero-order chi connectivity index (χ0) is 15.1. The Morgan fingerprint density at radius 1 is 1.38 bits per heavy atom. The second-order valence-electron chi connectivity index (χ2n) is 4.61. The summed E-state index contributed by atoms with van der Waals surface area (Å²) in [6.45, 7) is 4.00. The molecule has 0 saturated carbocycles. The Labute approximate surface area is 129 Å². The molecule has 0 radical (unpaired) electrons. The summed E-state index contributed by atoms with van der Waals surface area (Å²) in [5.41, 5.74) is 1.87. The SMILES string of the molecule is CCNC(=NCc1ccon1)N(C)Cc1ccccc1Cl. The number of aromatic nitrogens is 1. The third-order valence-corrected chi connectivity index (χ3v) is 3.31. The Balaban J connectivity index is 2.06. The second-order valence-corrected chi connectivity index (χ2v) is 5.02. The van der Waals surface area contributed by atoms with Crippen LogP contribution in [0.15, 0.2) is 46.1 Å². The molecule has 112 valence electrons. The lowest BCUT2D eigenvalue weighted by Crippen LogP contribution is -2.38. The van der Waals surface area contributed by atoms with Gasteiger partial charge in [-0.15, -0.1) is 0 Å². The molecule has 1 aromatic heterocycles. The van der Waals surface area contributed by atoms with Gasteiger partial charge in [0.15, 0.2) is 5.96 Å². The molecule has 2 rings (SSSR count). The number of hydrogen-bond donors (Lipinski definition) is 1. The van der Waals surface area contributed by atoms with Crippen molar-refractivity contribution in [2.24, 2.45) is 4.99 Å². The fraction of sp³-hybridized carbons (Fsp3) is 0.333. The molecule has 1 aromatic carbocycles. The highest BCUT2D eigenvalue weighted by atomic mass is 35.5. The van der Waals surface area contributed by atoms with Crippen molar-refractivity contribution in [1.82, 2.24) is 15.4 Å². The number of aliphatic imine (C=N–C) groups is 1. The number of nitrogens with one attached hydrogen (secondary N) is 1. The molecule has 0 unspecified atom stereocenters. The fourth-order valence-corrected chi connectivity index (χ4v) is 2.10. The smallest absolute Gasteiger partial charge is 0.194 e. The predicted molar refractivity (Wildman–Crippen MR) is 84.2 cm³/mol. The summed E-state index contributed by atoms with van der Waals surface area (Å²) in [5.74, 6) is 0.806. The molecule has 0 atom stereocenters. The van der Waals surface area contributed by atoms with Gasteiger partial charge in [0, 0.05) is 31.2 Å². The number of hydrogen-bond acceptors (Lipinski definition) is 3. The van der Waals surface area contributed by atoms with E-state index in [0.29, 0.717) is 13.1 Å². The topological polar surface area (TPSA) is 53.7 Å². The Morgan fingerprint density at radius 2 is 2.19 bits per heavy atom. The van der Waals surface area contributed by atoms with Crippen molar-refractivity contribution in [3.8, 4) is 0 Å². The molecule has 21 heavy (non-hydrogen) atoms. The summed E-state index contributed by atoms with van der Waals surface area (Å²) in [6, 6.07) is 9.62. The zero-order valence-electron chi connectivity index (χ0n) is 12.2. The van der Waals surface area contributed by atoms with Crippen LogP contribution in [0.25, 0.3) is 0 Å². The number of rotatable bonds is 5.